The number of halogens is 1. The Labute approximate surface area is 143 Å². The number of amides is 2. The summed E-state index contributed by atoms with van der Waals surface area (Å²) in [5.74, 6) is -0.466. The number of carbonyl (C=O) groups is 2. The Morgan fingerprint density at radius 1 is 1.41 bits per heavy atom. The maximum absolute atomic E-state index is 12.7. The van der Waals surface area contributed by atoms with Gasteiger partial charge in [0.15, 0.2) is 0 Å². The van der Waals surface area contributed by atoms with E-state index in [2.05, 4.69) is 15.9 Å². The summed E-state index contributed by atoms with van der Waals surface area (Å²) < 4.78 is 0.967. The van der Waals surface area contributed by atoms with Crippen molar-refractivity contribution >= 4 is 39.5 Å². The summed E-state index contributed by atoms with van der Waals surface area (Å²) in [5, 5.41) is 0. The van der Waals surface area contributed by atoms with Gasteiger partial charge in [-0.05, 0) is 49.8 Å². The summed E-state index contributed by atoms with van der Waals surface area (Å²) in [7, 11) is 0. The zero-order valence-corrected chi connectivity index (χ0v) is 15.2. The van der Waals surface area contributed by atoms with Gasteiger partial charge in [0.25, 0.3) is 0 Å². The molecule has 1 aliphatic heterocycles. The van der Waals surface area contributed by atoms with E-state index in [-0.39, 0.29) is 23.8 Å². The van der Waals surface area contributed by atoms with Crippen molar-refractivity contribution in [2.45, 2.75) is 37.1 Å². The summed E-state index contributed by atoms with van der Waals surface area (Å²) in [4.78, 5) is 27.0. The largest absolute Gasteiger partial charge is 0.369 e. The van der Waals surface area contributed by atoms with E-state index >= 15 is 0 Å². The second-order valence-corrected chi connectivity index (χ2v) is 7.47. The van der Waals surface area contributed by atoms with Crippen LogP contribution in [-0.2, 0) is 16.0 Å². The van der Waals surface area contributed by atoms with Crippen LogP contribution < -0.4 is 5.73 Å². The summed E-state index contributed by atoms with van der Waals surface area (Å²) in [6.07, 6.45) is 3.95. The first-order valence-corrected chi connectivity index (χ1v) is 9.35. The van der Waals surface area contributed by atoms with Crippen molar-refractivity contribution in [2.24, 2.45) is 11.7 Å². The summed E-state index contributed by atoms with van der Waals surface area (Å²) >= 11 is 5.09. The number of primary amides is 1. The SMILES string of the molecule is CSc1ccc(Br)cc1CC(=O)N1C[C@@H](C(N)=O)CC[C@H]1C. The fourth-order valence-corrected chi connectivity index (χ4v) is 3.84. The fraction of sp³-hybridized carbons (Fsp3) is 0.500. The van der Waals surface area contributed by atoms with Crippen LogP contribution in [0.4, 0.5) is 0 Å². The van der Waals surface area contributed by atoms with Crippen LogP contribution in [0.5, 0.6) is 0 Å². The van der Waals surface area contributed by atoms with E-state index in [1.165, 1.54) is 0 Å². The first kappa shape index (κ1) is 17.3. The van der Waals surface area contributed by atoms with Gasteiger partial charge in [0, 0.05) is 22.0 Å². The van der Waals surface area contributed by atoms with Gasteiger partial charge >= 0.3 is 0 Å². The second-order valence-electron chi connectivity index (χ2n) is 5.70. The van der Waals surface area contributed by atoms with Crippen molar-refractivity contribution in [3.8, 4) is 0 Å². The third-order valence-electron chi connectivity index (χ3n) is 4.19. The summed E-state index contributed by atoms with van der Waals surface area (Å²) in [6, 6.07) is 6.15. The lowest BCUT2D eigenvalue weighted by atomic mass is 9.92. The van der Waals surface area contributed by atoms with E-state index in [1.54, 1.807) is 11.8 Å². The van der Waals surface area contributed by atoms with E-state index in [4.69, 9.17) is 5.73 Å². The number of carbonyl (C=O) groups excluding carboxylic acids is 2. The minimum absolute atomic E-state index is 0.0619. The number of rotatable bonds is 4. The minimum atomic E-state index is -0.308. The number of likely N-dealkylation sites (tertiary alicyclic amines) is 1. The summed E-state index contributed by atoms with van der Waals surface area (Å²) in [5.41, 5.74) is 6.42. The Kier molecular flexibility index (Phi) is 5.92. The van der Waals surface area contributed by atoms with Crippen LogP contribution in [-0.4, -0.2) is 35.6 Å². The molecular weight excluding hydrogens is 364 g/mol. The number of hydrogen-bond donors (Lipinski definition) is 1. The fourth-order valence-electron chi connectivity index (χ4n) is 2.84. The molecule has 0 aromatic heterocycles. The van der Waals surface area contributed by atoms with E-state index in [9.17, 15) is 9.59 Å². The Bertz CT molecular complexity index is 579. The average molecular weight is 385 g/mol. The molecule has 0 unspecified atom stereocenters. The number of nitrogens with two attached hydrogens (primary N) is 1. The molecular formula is C16H21BrN2O2S. The van der Waals surface area contributed by atoms with Gasteiger partial charge in [-0.3, -0.25) is 9.59 Å². The normalized spacial score (nSPS) is 21.7. The molecule has 22 heavy (non-hydrogen) atoms. The van der Waals surface area contributed by atoms with Gasteiger partial charge in [-0.2, -0.15) is 0 Å². The lowest BCUT2D eigenvalue weighted by Crippen LogP contribution is -2.49. The van der Waals surface area contributed by atoms with Crippen LogP contribution in [0.3, 0.4) is 0 Å². The Morgan fingerprint density at radius 3 is 2.77 bits per heavy atom. The van der Waals surface area contributed by atoms with Gasteiger partial charge < -0.3 is 10.6 Å². The topological polar surface area (TPSA) is 63.4 Å². The van der Waals surface area contributed by atoms with Crippen molar-refractivity contribution in [2.75, 3.05) is 12.8 Å². The number of piperidine rings is 1. The minimum Gasteiger partial charge on any atom is -0.369 e. The molecule has 0 saturated carbocycles. The molecule has 1 saturated heterocycles. The third-order valence-corrected chi connectivity index (χ3v) is 5.52. The van der Waals surface area contributed by atoms with Gasteiger partial charge in [-0.15, -0.1) is 11.8 Å². The number of nitrogens with zero attached hydrogens (tertiary/aromatic N) is 1. The third kappa shape index (κ3) is 4.04. The highest BCUT2D eigenvalue weighted by atomic mass is 79.9. The molecule has 1 aliphatic rings. The predicted molar refractivity (Wildman–Crippen MR) is 92.7 cm³/mol. The zero-order valence-electron chi connectivity index (χ0n) is 12.8. The van der Waals surface area contributed by atoms with Crippen LogP contribution in [0, 0.1) is 5.92 Å². The average Bonchev–Trinajstić information content (AvgIpc) is 2.47. The molecule has 2 amide bonds. The molecule has 2 N–H and O–H groups in total. The van der Waals surface area contributed by atoms with Crippen molar-refractivity contribution in [3.63, 3.8) is 0 Å². The molecule has 0 bridgehead atoms. The molecule has 1 heterocycles. The quantitative estimate of drug-likeness (QED) is 0.811. The molecule has 2 rings (SSSR count). The molecule has 1 aromatic rings. The number of benzene rings is 1. The number of hydrogen-bond acceptors (Lipinski definition) is 3. The van der Waals surface area contributed by atoms with Gasteiger partial charge in [0.2, 0.25) is 11.8 Å². The van der Waals surface area contributed by atoms with E-state index in [0.29, 0.717) is 13.0 Å². The van der Waals surface area contributed by atoms with Crippen LogP contribution in [0.1, 0.15) is 25.3 Å². The smallest absolute Gasteiger partial charge is 0.227 e. The first-order chi connectivity index (χ1) is 10.4. The molecule has 0 spiro atoms. The monoisotopic (exact) mass is 384 g/mol. The first-order valence-electron chi connectivity index (χ1n) is 7.33. The Hall–Kier alpha value is -1.01. The van der Waals surface area contributed by atoms with Crippen molar-refractivity contribution in [1.29, 1.82) is 0 Å². The highest BCUT2D eigenvalue weighted by Crippen LogP contribution is 2.27. The van der Waals surface area contributed by atoms with Gasteiger partial charge in [0.1, 0.15) is 0 Å². The second kappa shape index (κ2) is 7.51. The van der Waals surface area contributed by atoms with Crippen molar-refractivity contribution in [1.82, 2.24) is 4.90 Å². The highest BCUT2D eigenvalue weighted by molar-refractivity contribution is 9.10. The van der Waals surface area contributed by atoms with E-state index in [1.807, 2.05) is 36.3 Å². The van der Waals surface area contributed by atoms with Gasteiger partial charge in [-0.1, -0.05) is 15.9 Å². The molecule has 2 atom stereocenters. The van der Waals surface area contributed by atoms with Crippen LogP contribution in [0.2, 0.25) is 0 Å². The molecule has 1 fully saturated rings. The van der Waals surface area contributed by atoms with Gasteiger partial charge in [0.05, 0.1) is 12.3 Å². The van der Waals surface area contributed by atoms with Crippen molar-refractivity contribution in [3.05, 3.63) is 28.2 Å². The Balaban J connectivity index is 2.14. The number of thioether (sulfide) groups is 1. The lowest BCUT2D eigenvalue weighted by Gasteiger charge is -2.37. The zero-order chi connectivity index (χ0) is 16.3. The van der Waals surface area contributed by atoms with Crippen molar-refractivity contribution < 1.29 is 9.59 Å². The maximum atomic E-state index is 12.7. The molecule has 120 valence electrons. The molecule has 6 heteroatoms. The molecule has 1 aromatic carbocycles. The highest BCUT2D eigenvalue weighted by Gasteiger charge is 2.31. The van der Waals surface area contributed by atoms with Gasteiger partial charge in [-0.25, -0.2) is 0 Å². The molecule has 0 radical (unpaired) electrons. The Morgan fingerprint density at radius 2 is 2.14 bits per heavy atom. The molecule has 4 nitrogen and oxygen atoms in total. The van der Waals surface area contributed by atoms with E-state index < -0.39 is 0 Å². The standard InChI is InChI=1S/C16H21BrN2O2S/c1-10-3-4-11(16(18)21)9-19(10)15(20)8-12-7-13(17)5-6-14(12)22-2/h5-7,10-11H,3-4,8-9H2,1-2H3,(H2,18,21)/t10-,11+/m1/s1. The molecule has 0 aliphatic carbocycles. The van der Waals surface area contributed by atoms with Crippen LogP contribution >= 0.6 is 27.7 Å². The van der Waals surface area contributed by atoms with Crippen LogP contribution in [0.15, 0.2) is 27.6 Å². The summed E-state index contributed by atoms with van der Waals surface area (Å²) in [6.45, 7) is 2.48. The maximum Gasteiger partial charge on any atom is 0.227 e. The predicted octanol–water partition coefficient (Wildman–Crippen LogP) is 2.83. The van der Waals surface area contributed by atoms with E-state index in [0.717, 1.165) is 27.8 Å². The lowest BCUT2D eigenvalue weighted by molar-refractivity contribution is -0.137. The van der Waals surface area contributed by atoms with Crippen LogP contribution in [0.25, 0.3) is 0 Å².